The van der Waals surface area contributed by atoms with Gasteiger partial charge in [-0.2, -0.15) is 0 Å². The summed E-state index contributed by atoms with van der Waals surface area (Å²) >= 11 is 0. The number of hydrogen-bond donors (Lipinski definition) is 3. The minimum atomic E-state index is -3.76. The van der Waals surface area contributed by atoms with E-state index in [0.29, 0.717) is 23.7 Å². The van der Waals surface area contributed by atoms with Crippen LogP contribution in [0.25, 0.3) is 0 Å². The van der Waals surface area contributed by atoms with Crippen LogP contribution < -0.4 is 24.8 Å². The van der Waals surface area contributed by atoms with Crippen LogP contribution in [-0.2, 0) is 27.8 Å². The molecule has 4 N–H and O–H groups in total. The Hall–Kier alpha value is -2.62. The predicted molar refractivity (Wildman–Crippen MR) is 109 cm³/mol. The largest absolute Gasteiger partial charge is 0.493 e. The van der Waals surface area contributed by atoms with Crippen molar-refractivity contribution in [1.29, 1.82) is 0 Å². The van der Waals surface area contributed by atoms with Crippen molar-refractivity contribution in [2.24, 2.45) is 5.14 Å². The summed E-state index contributed by atoms with van der Waals surface area (Å²) < 4.78 is 33.4. The van der Waals surface area contributed by atoms with Gasteiger partial charge in [-0.05, 0) is 48.9 Å². The first-order valence-corrected chi connectivity index (χ1v) is 10.8. The Morgan fingerprint density at radius 1 is 1.10 bits per heavy atom. The zero-order chi connectivity index (χ0) is 21.2. The molecule has 8 nitrogen and oxygen atoms in total. The van der Waals surface area contributed by atoms with Crippen LogP contribution in [0.4, 0.5) is 5.69 Å². The van der Waals surface area contributed by atoms with Gasteiger partial charge in [0.15, 0.2) is 17.5 Å². The molecule has 0 saturated carbocycles. The van der Waals surface area contributed by atoms with E-state index in [1.54, 1.807) is 14.2 Å². The van der Waals surface area contributed by atoms with Gasteiger partial charge in [-0.25, -0.2) is 13.6 Å². The van der Waals surface area contributed by atoms with Crippen molar-refractivity contribution in [3.05, 3.63) is 47.5 Å². The Balaban J connectivity index is 1.69. The van der Waals surface area contributed by atoms with E-state index in [9.17, 15) is 13.2 Å². The smallest absolute Gasteiger partial charge is 0.282 e. The maximum absolute atomic E-state index is 12.7. The fourth-order valence-electron chi connectivity index (χ4n) is 3.52. The number of methoxy groups -OCH3 is 2. The fraction of sp³-hybridized carbons (Fsp3) is 0.350. The summed E-state index contributed by atoms with van der Waals surface area (Å²) in [7, 11) is -0.533. The molecule has 3 rings (SSSR count). The quantitative estimate of drug-likeness (QED) is 0.623. The Morgan fingerprint density at radius 3 is 2.24 bits per heavy atom. The first-order chi connectivity index (χ1) is 13.7. The minimum Gasteiger partial charge on any atom is -0.493 e. The van der Waals surface area contributed by atoms with Gasteiger partial charge in [0.1, 0.15) is 6.54 Å². The standard InChI is InChI=1S/C20H25N3O5S/c1-13(20(24)22-16-4-6-17(7-5-16)29(21,25)26)23-9-8-14-10-18(27-2)19(28-3)11-15(14)12-23/h4-7,10-11,13H,8-9,12H2,1-3H3,(H,22,24)(H2,21,25,26)/p+1/t13-/m0/s1. The molecule has 156 valence electrons. The molecular formula is C20H26N3O5S+. The van der Waals surface area contributed by atoms with Crippen LogP contribution in [0.5, 0.6) is 11.5 Å². The van der Waals surface area contributed by atoms with Crippen molar-refractivity contribution in [2.75, 3.05) is 26.1 Å². The average Bonchev–Trinajstić information content (AvgIpc) is 2.71. The highest BCUT2D eigenvalue weighted by Crippen LogP contribution is 2.31. The molecule has 2 aromatic carbocycles. The molecule has 9 heteroatoms. The molecule has 0 spiro atoms. The van der Waals surface area contributed by atoms with Gasteiger partial charge in [-0.15, -0.1) is 0 Å². The molecule has 0 aliphatic carbocycles. The van der Waals surface area contributed by atoms with Crippen molar-refractivity contribution in [2.45, 2.75) is 30.8 Å². The number of hydrogen-bond acceptors (Lipinski definition) is 5. The number of quaternary nitrogens is 1. The summed E-state index contributed by atoms with van der Waals surface area (Å²) in [6.45, 7) is 3.41. The summed E-state index contributed by atoms with van der Waals surface area (Å²) in [6.07, 6.45) is 0.839. The maximum Gasteiger partial charge on any atom is 0.282 e. The number of primary sulfonamides is 1. The van der Waals surface area contributed by atoms with Crippen LogP contribution in [-0.4, -0.2) is 41.1 Å². The number of amides is 1. The third kappa shape index (κ3) is 4.69. The van der Waals surface area contributed by atoms with Gasteiger partial charge in [0.2, 0.25) is 10.0 Å². The third-order valence-electron chi connectivity index (χ3n) is 5.29. The number of anilines is 1. The van der Waals surface area contributed by atoms with Gasteiger partial charge in [0.25, 0.3) is 5.91 Å². The fourth-order valence-corrected chi connectivity index (χ4v) is 4.04. The van der Waals surface area contributed by atoms with Gasteiger partial charge in [0, 0.05) is 17.7 Å². The number of nitrogens with two attached hydrogens (primary N) is 1. The Kier molecular flexibility index (Phi) is 6.11. The first kappa shape index (κ1) is 21.1. The lowest BCUT2D eigenvalue weighted by molar-refractivity contribution is -0.929. The zero-order valence-electron chi connectivity index (χ0n) is 16.7. The first-order valence-electron chi connectivity index (χ1n) is 9.25. The molecule has 29 heavy (non-hydrogen) atoms. The van der Waals surface area contributed by atoms with E-state index in [4.69, 9.17) is 14.6 Å². The van der Waals surface area contributed by atoms with E-state index in [1.165, 1.54) is 29.8 Å². The second-order valence-electron chi connectivity index (χ2n) is 7.09. The average molecular weight is 421 g/mol. The van der Waals surface area contributed by atoms with E-state index in [1.807, 2.05) is 19.1 Å². The van der Waals surface area contributed by atoms with Gasteiger partial charge in [-0.1, -0.05) is 0 Å². The van der Waals surface area contributed by atoms with E-state index < -0.39 is 10.0 Å². The van der Waals surface area contributed by atoms with E-state index in [2.05, 4.69) is 5.32 Å². The Morgan fingerprint density at radius 2 is 1.69 bits per heavy atom. The Bertz CT molecular complexity index is 1010. The topological polar surface area (TPSA) is 112 Å². The van der Waals surface area contributed by atoms with E-state index in [-0.39, 0.29) is 16.8 Å². The van der Waals surface area contributed by atoms with Crippen LogP contribution in [0.15, 0.2) is 41.3 Å². The summed E-state index contributed by atoms with van der Waals surface area (Å²) in [5, 5.41) is 7.94. The summed E-state index contributed by atoms with van der Waals surface area (Å²) in [5.41, 5.74) is 2.87. The number of nitrogens with one attached hydrogen (secondary N) is 2. The van der Waals surface area contributed by atoms with Crippen LogP contribution in [0, 0.1) is 0 Å². The van der Waals surface area contributed by atoms with Crippen molar-refractivity contribution < 1.29 is 27.6 Å². The highest BCUT2D eigenvalue weighted by molar-refractivity contribution is 7.89. The van der Waals surface area contributed by atoms with Gasteiger partial charge in [0.05, 0.1) is 25.7 Å². The van der Waals surface area contributed by atoms with Gasteiger partial charge >= 0.3 is 0 Å². The molecular weight excluding hydrogens is 394 g/mol. The molecule has 2 aromatic rings. The van der Waals surface area contributed by atoms with Crippen LogP contribution >= 0.6 is 0 Å². The second kappa shape index (κ2) is 8.40. The minimum absolute atomic E-state index is 0.00573. The second-order valence-corrected chi connectivity index (χ2v) is 8.65. The predicted octanol–water partition coefficient (Wildman–Crippen LogP) is 0.319. The summed E-state index contributed by atoms with van der Waals surface area (Å²) in [6, 6.07) is 9.50. The van der Waals surface area contributed by atoms with Gasteiger partial charge in [-0.3, -0.25) is 4.79 Å². The van der Waals surface area contributed by atoms with Gasteiger partial charge < -0.3 is 19.7 Å². The number of rotatable bonds is 6. The number of benzene rings is 2. The number of fused-ring (bicyclic) bond motifs is 1. The van der Waals surface area contributed by atoms with E-state index in [0.717, 1.165) is 23.4 Å². The molecule has 0 fully saturated rings. The van der Waals surface area contributed by atoms with Crippen molar-refractivity contribution in [1.82, 2.24) is 0 Å². The van der Waals surface area contributed by atoms with Crippen LogP contribution in [0.3, 0.4) is 0 Å². The summed E-state index contributed by atoms with van der Waals surface area (Å²) in [5.74, 6) is 1.26. The molecule has 1 aliphatic heterocycles. The monoisotopic (exact) mass is 420 g/mol. The van der Waals surface area contributed by atoms with Crippen molar-refractivity contribution in [3.8, 4) is 11.5 Å². The third-order valence-corrected chi connectivity index (χ3v) is 6.22. The molecule has 0 radical (unpaired) electrons. The van der Waals surface area contributed by atoms with Crippen LogP contribution in [0.2, 0.25) is 0 Å². The highest BCUT2D eigenvalue weighted by atomic mass is 32.2. The zero-order valence-corrected chi connectivity index (χ0v) is 17.5. The number of carbonyl (C=O) groups is 1. The SMILES string of the molecule is COc1cc2c(cc1OC)C[NH+]([C@@H](C)C(=O)Nc1ccc(S(N)(=O)=O)cc1)CC2. The molecule has 1 unspecified atom stereocenters. The molecule has 0 bridgehead atoms. The maximum atomic E-state index is 12.7. The normalized spacial score (nSPS) is 17.2. The van der Waals surface area contributed by atoms with Crippen molar-refractivity contribution in [3.63, 3.8) is 0 Å². The molecule has 2 atom stereocenters. The number of sulfonamides is 1. The summed E-state index contributed by atoms with van der Waals surface area (Å²) in [4.78, 5) is 13.9. The lowest BCUT2D eigenvalue weighted by atomic mass is 9.97. The van der Waals surface area contributed by atoms with E-state index >= 15 is 0 Å². The number of ether oxygens (including phenoxy) is 2. The molecule has 0 aromatic heterocycles. The van der Waals surface area contributed by atoms with Crippen LogP contribution in [0.1, 0.15) is 18.1 Å². The Labute approximate surface area is 170 Å². The van der Waals surface area contributed by atoms with Crippen molar-refractivity contribution >= 4 is 21.6 Å². The lowest BCUT2D eigenvalue weighted by Gasteiger charge is -2.30. The molecule has 0 saturated heterocycles. The highest BCUT2D eigenvalue weighted by Gasteiger charge is 2.30. The molecule has 1 amide bonds. The molecule has 1 heterocycles. The lowest BCUT2D eigenvalue weighted by Crippen LogP contribution is -3.16. The number of carbonyl (C=O) groups excluding carboxylic acids is 1. The molecule has 1 aliphatic rings.